The average Bonchev–Trinajstić information content (AvgIpc) is 3.48. The highest BCUT2D eigenvalue weighted by molar-refractivity contribution is 5.71. The van der Waals surface area contributed by atoms with E-state index < -0.39 is 5.97 Å². The standard InChI is InChI=1S/C26H32O4/c1-17(26(27)28)25(19-11-12-19)22-6-4-8-24(15-22)30-16-18-9-10-21(13-18)20-5-3-7-23(14-20)29-2/h3-8,14-15,17-19,21,25H,9-13,16H2,1-2H3,(H,27,28)/t17-,18?,21?,25-/m0/s1. The van der Waals surface area contributed by atoms with Gasteiger partial charge in [-0.25, -0.2) is 0 Å². The Balaban J connectivity index is 1.36. The average molecular weight is 409 g/mol. The Hall–Kier alpha value is -2.49. The van der Waals surface area contributed by atoms with Gasteiger partial charge in [0.2, 0.25) is 0 Å². The number of hydrogen-bond acceptors (Lipinski definition) is 3. The zero-order valence-electron chi connectivity index (χ0n) is 17.9. The van der Waals surface area contributed by atoms with Gasteiger partial charge in [0.05, 0.1) is 19.6 Å². The van der Waals surface area contributed by atoms with Gasteiger partial charge in [0.1, 0.15) is 11.5 Å². The molecule has 2 aliphatic rings. The fraction of sp³-hybridized carbons (Fsp3) is 0.500. The van der Waals surface area contributed by atoms with E-state index in [-0.39, 0.29) is 11.8 Å². The van der Waals surface area contributed by atoms with E-state index in [1.807, 2.05) is 25.1 Å². The monoisotopic (exact) mass is 408 g/mol. The summed E-state index contributed by atoms with van der Waals surface area (Å²) >= 11 is 0. The number of aliphatic carboxylic acids is 1. The first-order chi connectivity index (χ1) is 14.5. The third-order valence-electron chi connectivity index (χ3n) is 6.89. The van der Waals surface area contributed by atoms with Crippen LogP contribution in [0.4, 0.5) is 0 Å². The first kappa shape index (κ1) is 20.8. The molecule has 0 bridgehead atoms. The maximum absolute atomic E-state index is 11.6. The summed E-state index contributed by atoms with van der Waals surface area (Å²) in [6, 6.07) is 16.5. The molecule has 2 aliphatic carbocycles. The van der Waals surface area contributed by atoms with Crippen LogP contribution in [-0.2, 0) is 4.79 Å². The SMILES string of the molecule is COc1cccc(C2CCC(COc3cccc([C@H](C4CC4)[C@H](C)C(=O)O)c3)C2)c1. The van der Waals surface area contributed by atoms with Crippen LogP contribution in [0, 0.1) is 17.8 Å². The van der Waals surface area contributed by atoms with E-state index >= 15 is 0 Å². The predicted molar refractivity (Wildman–Crippen MR) is 117 cm³/mol. The second kappa shape index (κ2) is 9.11. The Morgan fingerprint density at radius 2 is 1.83 bits per heavy atom. The molecule has 4 nitrogen and oxygen atoms in total. The van der Waals surface area contributed by atoms with Crippen molar-refractivity contribution in [3.05, 3.63) is 59.7 Å². The molecule has 2 unspecified atom stereocenters. The van der Waals surface area contributed by atoms with E-state index in [1.54, 1.807) is 7.11 Å². The quantitative estimate of drug-likeness (QED) is 0.563. The lowest BCUT2D eigenvalue weighted by Gasteiger charge is -2.22. The Labute approximate surface area is 179 Å². The molecule has 0 heterocycles. The van der Waals surface area contributed by atoms with Gasteiger partial charge in [0.15, 0.2) is 0 Å². The van der Waals surface area contributed by atoms with E-state index in [1.165, 1.54) is 18.4 Å². The number of benzene rings is 2. The Morgan fingerprint density at radius 1 is 1.07 bits per heavy atom. The largest absolute Gasteiger partial charge is 0.497 e. The normalized spacial score (nSPS) is 23.0. The third kappa shape index (κ3) is 4.80. The van der Waals surface area contributed by atoms with Gasteiger partial charge in [-0.3, -0.25) is 4.79 Å². The van der Waals surface area contributed by atoms with Crippen LogP contribution in [0.5, 0.6) is 11.5 Å². The predicted octanol–water partition coefficient (Wildman–Crippen LogP) is 5.87. The van der Waals surface area contributed by atoms with Crippen LogP contribution in [0.3, 0.4) is 0 Å². The van der Waals surface area contributed by atoms with Gasteiger partial charge in [-0.1, -0.05) is 31.2 Å². The topological polar surface area (TPSA) is 55.8 Å². The summed E-state index contributed by atoms with van der Waals surface area (Å²) in [6.45, 7) is 2.54. The highest BCUT2D eigenvalue weighted by Crippen LogP contribution is 2.47. The van der Waals surface area contributed by atoms with Crippen LogP contribution >= 0.6 is 0 Å². The van der Waals surface area contributed by atoms with Crippen molar-refractivity contribution in [2.24, 2.45) is 17.8 Å². The van der Waals surface area contributed by atoms with Crippen molar-refractivity contribution in [2.75, 3.05) is 13.7 Å². The molecule has 2 saturated carbocycles. The minimum absolute atomic E-state index is 0.0787. The van der Waals surface area contributed by atoms with Crippen LogP contribution in [0.1, 0.15) is 62.0 Å². The maximum atomic E-state index is 11.6. The molecule has 2 fully saturated rings. The lowest BCUT2D eigenvalue weighted by atomic mass is 9.83. The molecule has 4 atom stereocenters. The van der Waals surface area contributed by atoms with Crippen molar-refractivity contribution < 1.29 is 19.4 Å². The Kier molecular flexibility index (Phi) is 6.31. The molecule has 160 valence electrons. The van der Waals surface area contributed by atoms with Gasteiger partial charge in [-0.2, -0.15) is 0 Å². The van der Waals surface area contributed by atoms with Crippen molar-refractivity contribution in [1.82, 2.24) is 0 Å². The lowest BCUT2D eigenvalue weighted by molar-refractivity contribution is -0.142. The molecule has 1 N–H and O–H groups in total. The van der Waals surface area contributed by atoms with E-state index in [9.17, 15) is 9.90 Å². The highest BCUT2D eigenvalue weighted by Gasteiger charge is 2.38. The van der Waals surface area contributed by atoms with Crippen molar-refractivity contribution >= 4 is 5.97 Å². The second-order valence-electron chi connectivity index (χ2n) is 9.03. The van der Waals surface area contributed by atoms with Gasteiger partial charge < -0.3 is 14.6 Å². The van der Waals surface area contributed by atoms with E-state index in [0.29, 0.717) is 24.4 Å². The molecule has 0 aromatic heterocycles. The second-order valence-corrected chi connectivity index (χ2v) is 9.03. The van der Waals surface area contributed by atoms with Crippen LogP contribution < -0.4 is 9.47 Å². The number of rotatable bonds is 9. The molecular weight excluding hydrogens is 376 g/mol. The first-order valence-corrected chi connectivity index (χ1v) is 11.1. The molecule has 4 heteroatoms. The summed E-state index contributed by atoms with van der Waals surface area (Å²) < 4.78 is 11.5. The van der Waals surface area contributed by atoms with Crippen LogP contribution in [-0.4, -0.2) is 24.8 Å². The summed E-state index contributed by atoms with van der Waals surface area (Å²) in [7, 11) is 1.71. The van der Waals surface area contributed by atoms with Crippen molar-refractivity contribution in [1.29, 1.82) is 0 Å². The molecule has 2 aromatic rings. The zero-order valence-corrected chi connectivity index (χ0v) is 17.9. The summed E-state index contributed by atoms with van der Waals surface area (Å²) in [5, 5.41) is 9.52. The molecule has 0 saturated heterocycles. The van der Waals surface area contributed by atoms with Crippen molar-refractivity contribution in [3.8, 4) is 11.5 Å². The van der Waals surface area contributed by atoms with Crippen LogP contribution in [0.25, 0.3) is 0 Å². The fourth-order valence-electron chi connectivity index (χ4n) is 5.03. The van der Waals surface area contributed by atoms with Gasteiger partial charge in [-0.15, -0.1) is 0 Å². The smallest absolute Gasteiger partial charge is 0.306 e. The summed E-state index contributed by atoms with van der Waals surface area (Å²) in [4.78, 5) is 11.6. The Bertz CT molecular complexity index is 873. The molecular formula is C26H32O4. The molecule has 0 amide bonds. The Morgan fingerprint density at radius 3 is 2.57 bits per heavy atom. The molecule has 30 heavy (non-hydrogen) atoms. The minimum Gasteiger partial charge on any atom is -0.497 e. The minimum atomic E-state index is -0.715. The number of ether oxygens (including phenoxy) is 2. The van der Waals surface area contributed by atoms with Gasteiger partial charge >= 0.3 is 5.97 Å². The molecule has 2 aromatic carbocycles. The first-order valence-electron chi connectivity index (χ1n) is 11.1. The maximum Gasteiger partial charge on any atom is 0.306 e. The highest BCUT2D eigenvalue weighted by atomic mass is 16.5. The summed E-state index contributed by atoms with van der Waals surface area (Å²) in [6.07, 6.45) is 5.74. The number of methoxy groups -OCH3 is 1. The van der Waals surface area contributed by atoms with E-state index in [0.717, 1.165) is 36.3 Å². The van der Waals surface area contributed by atoms with Crippen molar-refractivity contribution in [3.63, 3.8) is 0 Å². The number of hydrogen-bond donors (Lipinski definition) is 1. The molecule has 0 radical (unpaired) electrons. The van der Waals surface area contributed by atoms with E-state index in [4.69, 9.17) is 9.47 Å². The van der Waals surface area contributed by atoms with Gasteiger partial charge in [-0.05, 0) is 91.2 Å². The van der Waals surface area contributed by atoms with Crippen LogP contribution in [0.2, 0.25) is 0 Å². The van der Waals surface area contributed by atoms with Gasteiger partial charge in [0, 0.05) is 0 Å². The number of carbonyl (C=O) groups is 1. The zero-order chi connectivity index (χ0) is 21.1. The van der Waals surface area contributed by atoms with Crippen molar-refractivity contribution in [2.45, 2.75) is 50.9 Å². The fourth-order valence-corrected chi connectivity index (χ4v) is 5.03. The van der Waals surface area contributed by atoms with E-state index in [2.05, 4.69) is 30.3 Å². The number of carboxylic acids is 1. The molecule has 0 spiro atoms. The lowest BCUT2D eigenvalue weighted by Crippen LogP contribution is -2.20. The molecule has 4 rings (SSSR count). The van der Waals surface area contributed by atoms with Crippen LogP contribution in [0.15, 0.2) is 48.5 Å². The summed E-state index contributed by atoms with van der Waals surface area (Å²) in [5.74, 6) is 2.38. The third-order valence-corrected chi connectivity index (χ3v) is 6.89. The molecule has 0 aliphatic heterocycles. The summed E-state index contributed by atoms with van der Waals surface area (Å²) in [5.41, 5.74) is 2.46. The number of carboxylic acid groups (broad SMARTS) is 1. The van der Waals surface area contributed by atoms with Gasteiger partial charge in [0.25, 0.3) is 0 Å².